The van der Waals surface area contributed by atoms with Crippen molar-refractivity contribution in [3.8, 4) is 12.0 Å². The maximum atomic E-state index is 9.76. The summed E-state index contributed by atoms with van der Waals surface area (Å²) >= 11 is 0. The molecule has 0 spiro atoms. The first kappa shape index (κ1) is 8.42. The molecule has 0 bridgehead atoms. The summed E-state index contributed by atoms with van der Waals surface area (Å²) in [6.45, 7) is 0. The summed E-state index contributed by atoms with van der Waals surface area (Å²) in [5.74, 6) is 2.80. The van der Waals surface area contributed by atoms with Gasteiger partial charge in [-0.2, -0.15) is 0 Å². The fraction of sp³-hybridized carbons (Fsp3) is 0.778. The van der Waals surface area contributed by atoms with E-state index in [0.29, 0.717) is 6.42 Å². The number of methoxy groups -OCH3 is 1. The second kappa shape index (κ2) is 3.64. The van der Waals surface area contributed by atoms with Crippen LogP contribution in [0.2, 0.25) is 0 Å². The molecule has 1 aliphatic rings. The standard InChI is InChI=1S/C9H14O2/c1-11-8-4-7-9(10)5-2-3-6-9/h10H,2-3,5-7H2,1H3. The van der Waals surface area contributed by atoms with Gasteiger partial charge in [0, 0.05) is 6.42 Å². The molecule has 0 aromatic carbocycles. The van der Waals surface area contributed by atoms with E-state index in [2.05, 4.69) is 16.8 Å². The van der Waals surface area contributed by atoms with E-state index in [0.717, 1.165) is 25.7 Å². The van der Waals surface area contributed by atoms with Gasteiger partial charge in [-0.15, -0.1) is 0 Å². The number of hydrogen-bond donors (Lipinski definition) is 1. The van der Waals surface area contributed by atoms with Gasteiger partial charge < -0.3 is 9.84 Å². The van der Waals surface area contributed by atoms with Crippen molar-refractivity contribution in [2.75, 3.05) is 7.11 Å². The molecule has 0 aromatic heterocycles. The molecule has 1 N–H and O–H groups in total. The van der Waals surface area contributed by atoms with Crippen molar-refractivity contribution in [2.24, 2.45) is 0 Å². The average Bonchev–Trinajstić information content (AvgIpc) is 2.38. The van der Waals surface area contributed by atoms with Crippen LogP contribution in [0.5, 0.6) is 0 Å². The predicted molar refractivity (Wildman–Crippen MR) is 42.8 cm³/mol. The Morgan fingerprint density at radius 2 is 2.09 bits per heavy atom. The van der Waals surface area contributed by atoms with Crippen LogP contribution in [0.15, 0.2) is 0 Å². The summed E-state index contributed by atoms with van der Waals surface area (Å²) in [4.78, 5) is 0. The molecule has 1 fully saturated rings. The van der Waals surface area contributed by atoms with Crippen molar-refractivity contribution in [1.82, 2.24) is 0 Å². The zero-order chi connectivity index (χ0) is 8.16. The van der Waals surface area contributed by atoms with E-state index in [1.807, 2.05) is 0 Å². The van der Waals surface area contributed by atoms with Crippen molar-refractivity contribution in [2.45, 2.75) is 37.7 Å². The lowest BCUT2D eigenvalue weighted by molar-refractivity contribution is 0.0530. The second-order valence-corrected chi connectivity index (χ2v) is 3.09. The van der Waals surface area contributed by atoms with Gasteiger partial charge in [0.05, 0.1) is 12.7 Å². The molecule has 11 heavy (non-hydrogen) atoms. The highest BCUT2D eigenvalue weighted by molar-refractivity contribution is 5.00. The van der Waals surface area contributed by atoms with Gasteiger partial charge in [0.2, 0.25) is 0 Å². The van der Waals surface area contributed by atoms with Gasteiger partial charge >= 0.3 is 0 Å². The minimum absolute atomic E-state index is 0.508. The van der Waals surface area contributed by atoms with Crippen LogP contribution in [0.1, 0.15) is 32.1 Å². The fourth-order valence-corrected chi connectivity index (χ4v) is 1.48. The summed E-state index contributed by atoms with van der Waals surface area (Å²) in [5.41, 5.74) is -0.508. The van der Waals surface area contributed by atoms with Crippen LogP contribution in [0.4, 0.5) is 0 Å². The molecule has 0 radical (unpaired) electrons. The molecule has 0 saturated heterocycles. The van der Waals surface area contributed by atoms with Gasteiger partial charge in [-0.3, -0.25) is 0 Å². The van der Waals surface area contributed by atoms with Crippen molar-refractivity contribution in [3.63, 3.8) is 0 Å². The second-order valence-electron chi connectivity index (χ2n) is 3.09. The van der Waals surface area contributed by atoms with Crippen LogP contribution < -0.4 is 0 Å². The highest BCUT2D eigenvalue weighted by Crippen LogP contribution is 2.31. The lowest BCUT2D eigenvalue weighted by Crippen LogP contribution is -2.22. The van der Waals surface area contributed by atoms with Gasteiger partial charge in [-0.05, 0) is 12.8 Å². The third kappa shape index (κ3) is 2.44. The van der Waals surface area contributed by atoms with Crippen molar-refractivity contribution in [3.05, 3.63) is 0 Å². The number of ether oxygens (including phenoxy) is 1. The molecular weight excluding hydrogens is 140 g/mol. The van der Waals surface area contributed by atoms with E-state index in [1.54, 1.807) is 0 Å². The Morgan fingerprint density at radius 1 is 1.45 bits per heavy atom. The Balaban J connectivity index is 2.34. The molecule has 1 rings (SSSR count). The first-order chi connectivity index (χ1) is 5.27. The maximum Gasteiger partial charge on any atom is 0.109 e. The van der Waals surface area contributed by atoms with Crippen LogP contribution >= 0.6 is 0 Å². The average molecular weight is 154 g/mol. The summed E-state index contributed by atoms with van der Waals surface area (Å²) in [6, 6.07) is 0. The summed E-state index contributed by atoms with van der Waals surface area (Å²) in [7, 11) is 1.53. The minimum atomic E-state index is -0.508. The van der Waals surface area contributed by atoms with Crippen LogP contribution in [0, 0.1) is 12.0 Å². The first-order valence-corrected chi connectivity index (χ1v) is 4.00. The van der Waals surface area contributed by atoms with E-state index in [9.17, 15) is 5.11 Å². The van der Waals surface area contributed by atoms with E-state index >= 15 is 0 Å². The number of hydrogen-bond acceptors (Lipinski definition) is 2. The van der Waals surface area contributed by atoms with Gasteiger partial charge in [0.1, 0.15) is 6.11 Å². The Hall–Kier alpha value is -0.680. The van der Waals surface area contributed by atoms with Crippen molar-refractivity contribution in [1.29, 1.82) is 0 Å². The molecule has 0 heterocycles. The Bertz CT molecular complexity index is 170. The summed E-state index contributed by atoms with van der Waals surface area (Å²) in [6.07, 6.45) is 7.10. The fourth-order valence-electron chi connectivity index (χ4n) is 1.48. The molecule has 62 valence electrons. The zero-order valence-electron chi connectivity index (χ0n) is 6.89. The summed E-state index contributed by atoms with van der Waals surface area (Å²) in [5, 5.41) is 9.76. The lowest BCUT2D eigenvalue weighted by Gasteiger charge is -2.17. The minimum Gasteiger partial charge on any atom is -0.450 e. The SMILES string of the molecule is COC#CCC1(O)CCCC1. The van der Waals surface area contributed by atoms with E-state index in [-0.39, 0.29) is 0 Å². The molecule has 0 aromatic rings. The molecule has 0 aliphatic heterocycles. The Morgan fingerprint density at radius 3 is 2.64 bits per heavy atom. The molecule has 0 atom stereocenters. The monoisotopic (exact) mass is 154 g/mol. The van der Waals surface area contributed by atoms with E-state index in [1.165, 1.54) is 7.11 Å². The predicted octanol–water partition coefficient (Wildman–Crippen LogP) is 1.29. The Labute approximate surface area is 67.6 Å². The molecule has 1 saturated carbocycles. The smallest absolute Gasteiger partial charge is 0.109 e. The van der Waals surface area contributed by atoms with Crippen LogP contribution in [0.25, 0.3) is 0 Å². The third-order valence-electron chi connectivity index (χ3n) is 2.13. The molecule has 2 heteroatoms. The quantitative estimate of drug-likeness (QED) is 0.577. The molecule has 2 nitrogen and oxygen atoms in total. The maximum absolute atomic E-state index is 9.76. The van der Waals surface area contributed by atoms with Gasteiger partial charge in [0.25, 0.3) is 0 Å². The van der Waals surface area contributed by atoms with Crippen molar-refractivity contribution < 1.29 is 9.84 Å². The van der Waals surface area contributed by atoms with Crippen LogP contribution in [-0.4, -0.2) is 17.8 Å². The zero-order valence-corrected chi connectivity index (χ0v) is 6.89. The highest BCUT2D eigenvalue weighted by Gasteiger charge is 2.29. The molecule has 0 amide bonds. The molecule has 0 unspecified atom stereocenters. The third-order valence-corrected chi connectivity index (χ3v) is 2.13. The first-order valence-electron chi connectivity index (χ1n) is 4.00. The van der Waals surface area contributed by atoms with E-state index in [4.69, 9.17) is 0 Å². The normalized spacial score (nSPS) is 20.5. The van der Waals surface area contributed by atoms with Crippen LogP contribution in [-0.2, 0) is 4.74 Å². The molecule has 1 aliphatic carbocycles. The van der Waals surface area contributed by atoms with Gasteiger partial charge in [-0.1, -0.05) is 18.8 Å². The van der Waals surface area contributed by atoms with Crippen molar-refractivity contribution >= 4 is 0 Å². The topological polar surface area (TPSA) is 29.5 Å². The highest BCUT2D eigenvalue weighted by atomic mass is 16.5. The largest absolute Gasteiger partial charge is 0.450 e. The summed E-state index contributed by atoms with van der Waals surface area (Å²) < 4.78 is 4.57. The number of aliphatic hydroxyl groups is 1. The van der Waals surface area contributed by atoms with Crippen LogP contribution in [0.3, 0.4) is 0 Å². The Kier molecular flexibility index (Phi) is 2.78. The molecular formula is C9H14O2. The van der Waals surface area contributed by atoms with Gasteiger partial charge in [-0.25, -0.2) is 0 Å². The number of rotatable bonds is 1. The lowest BCUT2D eigenvalue weighted by atomic mass is 9.99. The van der Waals surface area contributed by atoms with Gasteiger partial charge in [0.15, 0.2) is 0 Å². The van der Waals surface area contributed by atoms with E-state index < -0.39 is 5.60 Å².